The normalized spacial score (nSPS) is 17.7. The first-order chi connectivity index (χ1) is 18.3. The van der Waals surface area contributed by atoms with Gasteiger partial charge < -0.3 is 34.9 Å². The zero-order valence-corrected chi connectivity index (χ0v) is 23.1. The highest BCUT2D eigenvalue weighted by Gasteiger charge is 2.26. The lowest BCUT2D eigenvalue weighted by atomic mass is 10.00. The minimum absolute atomic E-state index is 0.0205. The molecular weight excluding hydrogens is 478 g/mol. The summed E-state index contributed by atoms with van der Waals surface area (Å²) in [5, 5.41) is 4.62. The Morgan fingerprint density at radius 2 is 2.00 bits per heavy atom. The average molecular weight is 518 g/mol. The largest absolute Gasteiger partial charge is 0.489 e. The minimum atomic E-state index is -0.160. The number of nitrogens with two attached hydrogens (primary N) is 1. The van der Waals surface area contributed by atoms with Gasteiger partial charge >= 0.3 is 0 Å². The fourth-order valence-electron chi connectivity index (χ4n) is 5.16. The van der Waals surface area contributed by atoms with Crippen LogP contribution in [-0.4, -0.2) is 77.3 Å². The van der Waals surface area contributed by atoms with Crippen LogP contribution in [0.25, 0.3) is 22.2 Å². The summed E-state index contributed by atoms with van der Waals surface area (Å²) in [6, 6.07) is 10.3. The molecule has 202 valence electrons. The Labute approximate surface area is 224 Å². The number of nitrogens with one attached hydrogen (secondary N) is 1. The molecule has 3 aromatic rings. The van der Waals surface area contributed by atoms with E-state index in [0.29, 0.717) is 25.6 Å². The van der Waals surface area contributed by atoms with Crippen LogP contribution >= 0.6 is 0 Å². The van der Waals surface area contributed by atoms with Gasteiger partial charge in [0, 0.05) is 67.5 Å². The summed E-state index contributed by atoms with van der Waals surface area (Å²) in [7, 11) is 6.23. The van der Waals surface area contributed by atoms with E-state index in [0.717, 1.165) is 53.7 Å². The molecule has 0 fully saturated rings. The second-order valence-corrected chi connectivity index (χ2v) is 10.5. The van der Waals surface area contributed by atoms with Crippen molar-refractivity contribution < 1.29 is 9.47 Å². The van der Waals surface area contributed by atoms with Crippen LogP contribution in [0, 0.1) is 0 Å². The summed E-state index contributed by atoms with van der Waals surface area (Å²) in [5.41, 5.74) is 12.9. The van der Waals surface area contributed by atoms with E-state index >= 15 is 0 Å². The summed E-state index contributed by atoms with van der Waals surface area (Å²) >= 11 is 0. The lowest BCUT2D eigenvalue weighted by Crippen LogP contribution is -2.39. The molecule has 9 heteroatoms. The summed E-state index contributed by atoms with van der Waals surface area (Å²) in [4.78, 5) is 13.9. The van der Waals surface area contributed by atoms with Gasteiger partial charge in [-0.05, 0) is 40.1 Å². The molecule has 0 unspecified atom stereocenters. The first-order valence-electron chi connectivity index (χ1n) is 13.3. The molecule has 3 N–H and O–H groups in total. The maximum absolute atomic E-state index is 6.66. The number of likely N-dealkylation sites (N-methyl/N-ethyl adjacent to an activating group) is 2. The molecule has 0 saturated carbocycles. The molecule has 1 atom stereocenters. The number of fused-ring (bicyclic) bond motifs is 3. The van der Waals surface area contributed by atoms with Crippen molar-refractivity contribution in [3.63, 3.8) is 0 Å². The van der Waals surface area contributed by atoms with Crippen molar-refractivity contribution in [1.82, 2.24) is 24.3 Å². The number of ether oxygens (including phenoxy) is 2. The fourth-order valence-corrected chi connectivity index (χ4v) is 5.16. The molecule has 5 rings (SSSR count). The highest BCUT2D eigenvalue weighted by atomic mass is 16.5. The number of rotatable bonds is 9. The van der Waals surface area contributed by atoms with Crippen molar-refractivity contribution in [3.05, 3.63) is 65.5 Å². The number of nitrogens with zero attached hydrogens (tertiary/aromatic N) is 5. The number of allylic oxidation sites excluding steroid dienone is 1. The van der Waals surface area contributed by atoms with Crippen molar-refractivity contribution in [1.29, 1.82) is 0 Å². The van der Waals surface area contributed by atoms with Gasteiger partial charge in [0.2, 0.25) is 5.95 Å². The van der Waals surface area contributed by atoms with Crippen LogP contribution in [0.5, 0.6) is 0 Å². The summed E-state index contributed by atoms with van der Waals surface area (Å²) in [6.07, 6.45) is 4.49. The quantitative estimate of drug-likeness (QED) is 0.443. The second-order valence-electron chi connectivity index (χ2n) is 10.5. The molecule has 0 bridgehead atoms. The maximum atomic E-state index is 6.66. The van der Waals surface area contributed by atoms with Gasteiger partial charge in [-0.25, -0.2) is 9.97 Å². The third-order valence-electron chi connectivity index (χ3n) is 7.02. The molecule has 0 amide bonds. The Kier molecular flexibility index (Phi) is 7.69. The van der Waals surface area contributed by atoms with Gasteiger partial charge in [-0.15, -0.1) is 0 Å². The van der Waals surface area contributed by atoms with Crippen LogP contribution in [0.2, 0.25) is 0 Å². The second kappa shape index (κ2) is 11.1. The molecule has 1 aliphatic heterocycles. The number of hydrogen-bond acceptors (Lipinski definition) is 8. The van der Waals surface area contributed by atoms with Crippen molar-refractivity contribution >= 4 is 16.9 Å². The minimum Gasteiger partial charge on any atom is -0.489 e. The van der Waals surface area contributed by atoms with Gasteiger partial charge in [0.1, 0.15) is 5.76 Å². The number of anilines is 1. The summed E-state index contributed by atoms with van der Waals surface area (Å²) in [6.45, 7) is 8.01. The van der Waals surface area contributed by atoms with Crippen LogP contribution in [0.3, 0.4) is 0 Å². The van der Waals surface area contributed by atoms with Gasteiger partial charge in [-0.2, -0.15) is 0 Å². The Balaban J connectivity index is 1.49. The maximum Gasteiger partial charge on any atom is 0.227 e. The zero-order valence-electron chi connectivity index (χ0n) is 23.1. The zero-order chi connectivity index (χ0) is 26.8. The van der Waals surface area contributed by atoms with E-state index in [9.17, 15) is 0 Å². The van der Waals surface area contributed by atoms with Crippen LogP contribution in [0.4, 0.5) is 5.95 Å². The number of hydrogen-bond donors (Lipinski definition) is 2. The summed E-state index contributed by atoms with van der Waals surface area (Å²) in [5.74, 6) is 1.30. The predicted octanol–water partition coefficient (Wildman–Crippen LogP) is 3.79. The SMILES string of the molecule is CC(C)OC1=C(Nc2nccc(-c3c4n(c5ccccc35)CCOC4)n2)C[C@@H](N)C(N(C)CCN(C)C)=C1. The molecule has 9 nitrogen and oxygen atoms in total. The third kappa shape index (κ3) is 5.41. The Morgan fingerprint density at radius 3 is 2.79 bits per heavy atom. The first-order valence-corrected chi connectivity index (χ1v) is 13.3. The van der Waals surface area contributed by atoms with Crippen LogP contribution in [0.1, 0.15) is 26.0 Å². The summed E-state index contributed by atoms with van der Waals surface area (Å²) < 4.78 is 14.4. The molecule has 38 heavy (non-hydrogen) atoms. The molecular formula is C29H39N7O2. The van der Waals surface area contributed by atoms with E-state index in [4.69, 9.17) is 20.2 Å². The smallest absolute Gasteiger partial charge is 0.227 e. The van der Waals surface area contributed by atoms with Crippen molar-refractivity contribution in [2.75, 3.05) is 46.2 Å². The van der Waals surface area contributed by atoms with E-state index in [1.807, 2.05) is 19.9 Å². The molecule has 2 aliphatic rings. The van der Waals surface area contributed by atoms with E-state index in [-0.39, 0.29) is 12.1 Å². The highest BCUT2D eigenvalue weighted by Crippen LogP contribution is 2.36. The van der Waals surface area contributed by atoms with Crippen molar-refractivity contribution in [3.8, 4) is 11.3 Å². The molecule has 0 radical (unpaired) electrons. The molecule has 1 aliphatic carbocycles. The molecule has 2 aromatic heterocycles. The molecule has 0 saturated heterocycles. The predicted molar refractivity (Wildman–Crippen MR) is 151 cm³/mol. The highest BCUT2D eigenvalue weighted by molar-refractivity contribution is 5.97. The van der Waals surface area contributed by atoms with Gasteiger partial charge in [0.05, 0.1) is 42.4 Å². The van der Waals surface area contributed by atoms with E-state index < -0.39 is 0 Å². The van der Waals surface area contributed by atoms with E-state index in [2.05, 4.69) is 76.2 Å². The topological polar surface area (TPSA) is 93.7 Å². The number of benzene rings is 1. The molecule has 1 aromatic carbocycles. The standard InChI is InChI=1S/C29H39N7O2/c1-19(2)38-27-17-25(35(5)13-12-34(3)4)21(30)16-23(27)33-29-31-11-10-22(32-29)28-20-8-6-7-9-24(20)36-14-15-37-18-26(28)36/h6-11,17,19,21H,12-16,18,30H2,1-5H3,(H,31,32,33)/t21-/m1/s1. The Hall–Kier alpha value is -3.40. The van der Waals surface area contributed by atoms with Gasteiger partial charge in [-0.1, -0.05) is 18.2 Å². The lowest BCUT2D eigenvalue weighted by Gasteiger charge is -2.33. The lowest BCUT2D eigenvalue weighted by molar-refractivity contribution is 0.0869. The Morgan fingerprint density at radius 1 is 1.18 bits per heavy atom. The average Bonchev–Trinajstić information content (AvgIpc) is 3.23. The molecule has 3 heterocycles. The molecule has 0 spiro atoms. The van der Waals surface area contributed by atoms with Gasteiger partial charge in [0.25, 0.3) is 0 Å². The van der Waals surface area contributed by atoms with Crippen LogP contribution in [0.15, 0.2) is 59.8 Å². The Bertz CT molecular complexity index is 1360. The monoisotopic (exact) mass is 517 g/mol. The van der Waals surface area contributed by atoms with Gasteiger partial charge in [0.15, 0.2) is 0 Å². The van der Waals surface area contributed by atoms with Crippen molar-refractivity contribution in [2.24, 2.45) is 5.73 Å². The van der Waals surface area contributed by atoms with Crippen LogP contribution < -0.4 is 11.1 Å². The van der Waals surface area contributed by atoms with Gasteiger partial charge in [-0.3, -0.25) is 0 Å². The van der Waals surface area contributed by atoms with Crippen LogP contribution in [-0.2, 0) is 22.6 Å². The van der Waals surface area contributed by atoms with Crippen molar-refractivity contribution in [2.45, 2.75) is 45.6 Å². The van der Waals surface area contributed by atoms with E-state index in [1.165, 1.54) is 10.9 Å². The number of aromatic nitrogens is 3. The van der Waals surface area contributed by atoms with E-state index in [1.54, 1.807) is 6.20 Å². The fraction of sp³-hybridized carbons (Fsp3) is 0.448. The third-order valence-corrected chi connectivity index (χ3v) is 7.02. The number of para-hydroxylation sites is 1. The first kappa shape index (κ1) is 26.2.